The Morgan fingerprint density at radius 2 is 1.72 bits per heavy atom. The molecule has 2 aromatic carbocycles. The van der Waals surface area contributed by atoms with Gasteiger partial charge in [-0.25, -0.2) is 0 Å². The zero-order valence-electron chi connectivity index (χ0n) is 13.7. The molecule has 0 fully saturated rings. The SMILES string of the molecule is COc1cc2c(cc1OC)C(c1cc3c(cc1Br)OCO3)CC(=O)N2. The number of benzene rings is 2. The van der Waals surface area contributed by atoms with Crippen molar-refractivity contribution in [2.45, 2.75) is 12.3 Å². The summed E-state index contributed by atoms with van der Waals surface area (Å²) in [6.07, 6.45) is 0.334. The summed E-state index contributed by atoms with van der Waals surface area (Å²) in [7, 11) is 3.16. The van der Waals surface area contributed by atoms with Crippen LogP contribution >= 0.6 is 15.9 Å². The Morgan fingerprint density at radius 3 is 2.44 bits per heavy atom. The number of ether oxygens (including phenoxy) is 4. The molecule has 0 aliphatic carbocycles. The van der Waals surface area contributed by atoms with Gasteiger partial charge in [0.15, 0.2) is 23.0 Å². The molecule has 1 unspecified atom stereocenters. The van der Waals surface area contributed by atoms with Gasteiger partial charge < -0.3 is 24.3 Å². The fourth-order valence-corrected chi connectivity index (χ4v) is 3.86. The predicted molar refractivity (Wildman–Crippen MR) is 94.9 cm³/mol. The Kier molecular flexibility index (Phi) is 3.95. The van der Waals surface area contributed by atoms with Crippen molar-refractivity contribution in [2.75, 3.05) is 26.3 Å². The van der Waals surface area contributed by atoms with Gasteiger partial charge in [-0.1, -0.05) is 15.9 Å². The van der Waals surface area contributed by atoms with Gasteiger partial charge in [-0.15, -0.1) is 0 Å². The lowest BCUT2D eigenvalue weighted by Gasteiger charge is -2.28. The van der Waals surface area contributed by atoms with Gasteiger partial charge in [-0.2, -0.15) is 0 Å². The van der Waals surface area contributed by atoms with Crippen LogP contribution in [0.1, 0.15) is 23.5 Å². The van der Waals surface area contributed by atoms with Crippen LogP contribution in [0.15, 0.2) is 28.7 Å². The van der Waals surface area contributed by atoms with Gasteiger partial charge in [0.25, 0.3) is 0 Å². The van der Waals surface area contributed by atoms with E-state index in [9.17, 15) is 4.79 Å². The van der Waals surface area contributed by atoms with Gasteiger partial charge in [-0.3, -0.25) is 4.79 Å². The number of nitrogens with one attached hydrogen (secondary N) is 1. The van der Waals surface area contributed by atoms with Crippen molar-refractivity contribution in [1.29, 1.82) is 0 Å². The fourth-order valence-electron chi connectivity index (χ4n) is 3.27. The minimum Gasteiger partial charge on any atom is -0.493 e. The van der Waals surface area contributed by atoms with Gasteiger partial charge in [0.1, 0.15) is 0 Å². The van der Waals surface area contributed by atoms with Crippen LogP contribution in [0.5, 0.6) is 23.0 Å². The third-order valence-corrected chi connectivity index (χ3v) is 5.15. The Bertz CT molecular complexity index is 867. The molecule has 6 nitrogen and oxygen atoms in total. The Morgan fingerprint density at radius 1 is 1.04 bits per heavy atom. The largest absolute Gasteiger partial charge is 0.493 e. The number of anilines is 1. The number of fused-ring (bicyclic) bond motifs is 2. The molecule has 0 saturated heterocycles. The summed E-state index contributed by atoms with van der Waals surface area (Å²) in [6, 6.07) is 7.51. The maximum absolute atomic E-state index is 12.3. The van der Waals surface area contributed by atoms with Crippen LogP contribution in [-0.2, 0) is 4.79 Å². The minimum absolute atomic E-state index is 0.0470. The zero-order chi connectivity index (χ0) is 17.6. The molecule has 7 heteroatoms. The standard InChI is InChI=1S/C18H16BrNO5/c1-22-14-4-11-9(5-18(21)20-13(11)7-15(14)23-2)10-3-16-17(6-12(10)19)25-8-24-16/h3-4,6-7,9H,5,8H2,1-2H3,(H,20,21). The molecule has 25 heavy (non-hydrogen) atoms. The second-order valence-corrected chi connectivity index (χ2v) is 6.68. The normalized spacial score (nSPS) is 17.7. The highest BCUT2D eigenvalue weighted by molar-refractivity contribution is 9.10. The summed E-state index contributed by atoms with van der Waals surface area (Å²) in [5, 5.41) is 2.91. The molecule has 2 aliphatic heterocycles. The maximum atomic E-state index is 12.3. The van der Waals surface area contributed by atoms with Crippen molar-refractivity contribution in [3.05, 3.63) is 39.9 Å². The monoisotopic (exact) mass is 405 g/mol. The number of methoxy groups -OCH3 is 2. The van der Waals surface area contributed by atoms with Crippen molar-refractivity contribution in [2.24, 2.45) is 0 Å². The summed E-state index contributed by atoms with van der Waals surface area (Å²) < 4.78 is 22.5. The van der Waals surface area contributed by atoms with E-state index in [-0.39, 0.29) is 18.6 Å². The highest BCUT2D eigenvalue weighted by Gasteiger charge is 2.31. The third-order valence-electron chi connectivity index (χ3n) is 4.46. The highest BCUT2D eigenvalue weighted by Crippen LogP contribution is 2.47. The fraction of sp³-hybridized carbons (Fsp3) is 0.278. The molecule has 4 rings (SSSR count). The minimum atomic E-state index is -0.132. The second-order valence-electron chi connectivity index (χ2n) is 5.83. The quantitative estimate of drug-likeness (QED) is 0.843. The number of halogens is 1. The van der Waals surface area contributed by atoms with Crippen molar-refractivity contribution >= 4 is 27.5 Å². The van der Waals surface area contributed by atoms with Gasteiger partial charge in [0.05, 0.1) is 14.2 Å². The van der Waals surface area contributed by atoms with E-state index in [1.807, 2.05) is 18.2 Å². The molecule has 0 aromatic heterocycles. The zero-order valence-corrected chi connectivity index (χ0v) is 15.3. The molecular weight excluding hydrogens is 390 g/mol. The van der Waals surface area contributed by atoms with Gasteiger partial charge >= 0.3 is 0 Å². The van der Waals surface area contributed by atoms with Crippen LogP contribution in [0.3, 0.4) is 0 Å². The van der Waals surface area contributed by atoms with E-state index in [2.05, 4.69) is 21.2 Å². The smallest absolute Gasteiger partial charge is 0.231 e. The van der Waals surface area contributed by atoms with Gasteiger partial charge in [-0.05, 0) is 29.3 Å². The van der Waals surface area contributed by atoms with E-state index in [0.29, 0.717) is 29.4 Å². The summed E-state index contributed by atoms with van der Waals surface area (Å²) >= 11 is 3.60. The number of hydrogen-bond donors (Lipinski definition) is 1. The van der Waals surface area contributed by atoms with Crippen LogP contribution in [0, 0.1) is 0 Å². The molecule has 0 saturated carbocycles. The molecule has 0 radical (unpaired) electrons. The van der Waals surface area contributed by atoms with E-state index < -0.39 is 0 Å². The van der Waals surface area contributed by atoms with E-state index in [1.54, 1.807) is 20.3 Å². The number of hydrogen-bond acceptors (Lipinski definition) is 5. The molecule has 0 bridgehead atoms. The number of carbonyl (C=O) groups is 1. The molecular formula is C18H16BrNO5. The van der Waals surface area contributed by atoms with E-state index in [4.69, 9.17) is 18.9 Å². The first-order valence-electron chi connectivity index (χ1n) is 7.75. The first kappa shape index (κ1) is 16.1. The molecule has 2 aliphatic rings. The summed E-state index contributed by atoms with van der Waals surface area (Å²) in [4.78, 5) is 12.3. The lowest BCUT2D eigenvalue weighted by Crippen LogP contribution is -2.24. The summed E-state index contributed by atoms with van der Waals surface area (Å²) in [6.45, 7) is 0.206. The number of rotatable bonds is 3. The lowest BCUT2D eigenvalue weighted by atomic mass is 9.84. The molecule has 130 valence electrons. The van der Waals surface area contributed by atoms with Crippen molar-refractivity contribution < 1.29 is 23.7 Å². The number of carbonyl (C=O) groups excluding carboxylic acids is 1. The molecule has 1 atom stereocenters. The molecule has 2 heterocycles. The Hall–Kier alpha value is -2.41. The average Bonchev–Trinajstić information content (AvgIpc) is 3.06. The van der Waals surface area contributed by atoms with Crippen LogP contribution < -0.4 is 24.3 Å². The maximum Gasteiger partial charge on any atom is 0.231 e. The van der Waals surface area contributed by atoms with E-state index >= 15 is 0 Å². The highest BCUT2D eigenvalue weighted by atomic mass is 79.9. The number of amides is 1. The Labute approximate surface area is 153 Å². The molecule has 1 amide bonds. The lowest BCUT2D eigenvalue weighted by molar-refractivity contribution is -0.116. The predicted octanol–water partition coefficient (Wildman–Crippen LogP) is 3.67. The van der Waals surface area contributed by atoms with Gasteiger partial charge in [0.2, 0.25) is 12.7 Å². The van der Waals surface area contributed by atoms with Crippen molar-refractivity contribution in [1.82, 2.24) is 0 Å². The molecule has 2 aromatic rings. The van der Waals surface area contributed by atoms with Crippen LogP contribution in [0.2, 0.25) is 0 Å². The van der Waals surface area contributed by atoms with E-state index in [1.165, 1.54) is 0 Å². The molecule has 0 spiro atoms. The first-order chi connectivity index (χ1) is 12.1. The topological polar surface area (TPSA) is 66.0 Å². The second kappa shape index (κ2) is 6.15. The average molecular weight is 406 g/mol. The molecule has 1 N–H and O–H groups in total. The summed E-state index contributed by atoms with van der Waals surface area (Å²) in [5.74, 6) is 2.41. The van der Waals surface area contributed by atoms with Crippen molar-refractivity contribution in [3.8, 4) is 23.0 Å². The summed E-state index contributed by atoms with van der Waals surface area (Å²) in [5.41, 5.74) is 2.66. The third kappa shape index (κ3) is 2.68. The Balaban J connectivity index is 1.86. The van der Waals surface area contributed by atoms with Crippen molar-refractivity contribution in [3.63, 3.8) is 0 Å². The van der Waals surface area contributed by atoms with Crippen LogP contribution in [-0.4, -0.2) is 26.9 Å². The van der Waals surface area contributed by atoms with Crippen LogP contribution in [0.4, 0.5) is 5.69 Å². The van der Waals surface area contributed by atoms with Crippen LogP contribution in [0.25, 0.3) is 0 Å². The van der Waals surface area contributed by atoms with E-state index in [0.717, 1.165) is 21.3 Å². The first-order valence-corrected chi connectivity index (χ1v) is 8.55. The van der Waals surface area contributed by atoms with Gasteiger partial charge in [0, 0.05) is 28.6 Å².